The molecule has 1 aromatic carbocycles. The summed E-state index contributed by atoms with van der Waals surface area (Å²) in [6.45, 7) is 4.36. The van der Waals surface area contributed by atoms with Gasteiger partial charge < -0.3 is 10.4 Å². The van der Waals surface area contributed by atoms with Crippen molar-refractivity contribution in [2.45, 2.75) is 25.3 Å². The van der Waals surface area contributed by atoms with Crippen LogP contribution in [0.4, 0.5) is 0 Å². The highest BCUT2D eigenvalue weighted by atomic mass is 79.9. The molecule has 0 spiro atoms. The minimum Gasteiger partial charge on any atom is -0.506 e. The fraction of sp³-hybridized carbons (Fsp3) is 0.600. The van der Waals surface area contributed by atoms with E-state index in [2.05, 4.69) is 54.2 Å². The maximum atomic E-state index is 9.92. The number of aromatic hydroxyl groups is 1. The van der Waals surface area contributed by atoms with Crippen LogP contribution in [0.5, 0.6) is 5.75 Å². The average Bonchev–Trinajstić information content (AvgIpc) is 2.40. The number of hydrogen-bond acceptors (Lipinski definition) is 3. The summed E-state index contributed by atoms with van der Waals surface area (Å²) in [5.74, 6) is 1.05. The van der Waals surface area contributed by atoms with E-state index in [-0.39, 0.29) is 0 Å². The molecule has 1 saturated carbocycles. The van der Waals surface area contributed by atoms with Crippen LogP contribution >= 0.6 is 31.9 Å². The highest BCUT2D eigenvalue weighted by Gasteiger charge is 2.34. The molecule has 0 aromatic heterocycles. The number of rotatable bonds is 3. The van der Waals surface area contributed by atoms with E-state index in [9.17, 15) is 5.11 Å². The number of phenols is 1. The molecule has 1 atom stereocenters. The Bertz CT molecular complexity index is 462. The van der Waals surface area contributed by atoms with Gasteiger partial charge in [0.2, 0.25) is 0 Å². The molecule has 0 amide bonds. The van der Waals surface area contributed by atoms with E-state index in [1.165, 1.54) is 24.8 Å². The zero-order valence-corrected chi connectivity index (χ0v) is 14.6. The molecule has 2 fully saturated rings. The first kappa shape index (κ1) is 14.8. The summed E-state index contributed by atoms with van der Waals surface area (Å²) in [6.07, 6.45) is 4.00. The van der Waals surface area contributed by atoms with Gasteiger partial charge in [-0.2, -0.15) is 0 Å². The van der Waals surface area contributed by atoms with E-state index in [1.54, 1.807) is 0 Å². The molecule has 5 heteroatoms. The number of benzene rings is 1. The van der Waals surface area contributed by atoms with Crippen molar-refractivity contribution in [2.24, 2.45) is 5.92 Å². The van der Waals surface area contributed by atoms with Crippen LogP contribution in [0.25, 0.3) is 0 Å². The summed E-state index contributed by atoms with van der Waals surface area (Å²) in [5, 5.41) is 13.3. The van der Waals surface area contributed by atoms with E-state index in [4.69, 9.17) is 0 Å². The van der Waals surface area contributed by atoms with Gasteiger partial charge in [0.15, 0.2) is 0 Å². The third kappa shape index (κ3) is 2.91. The van der Waals surface area contributed by atoms with Crippen molar-refractivity contribution >= 4 is 31.9 Å². The largest absolute Gasteiger partial charge is 0.506 e. The second-order valence-corrected chi connectivity index (χ2v) is 7.46. The third-order valence-corrected chi connectivity index (χ3v) is 5.73. The quantitative estimate of drug-likeness (QED) is 0.808. The lowest BCUT2D eigenvalue weighted by Crippen LogP contribution is -2.47. The van der Waals surface area contributed by atoms with Gasteiger partial charge in [0, 0.05) is 32.2 Å². The van der Waals surface area contributed by atoms with Crippen LogP contribution in [-0.2, 0) is 0 Å². The number of halogens is 2. The van der Waals surface area contributed by atoms with E-state index in [1.807, 2.05) is 0 Å². The third-order valence-electron chi connectivity index (χ3n) is 4.52. The van der Waals surface area contributed by atoms with Gasteiger partial charge in [-0.25, -0.2) is 0 Å². The van der Waals surface area contributed by atoms with Gasteiger partial charge in [0.25, 0.3) is 0 Å². The van der Waals surface area contributed by atoms with E-state index >= 15 is 0 Å². The molecule has 0 bridgehead atoms. The number of phenolic OH excluding ortho intramolecular Hbond substituents is 1. The summed E-state index contributed by atoms with van der Waals surface area (Å²) in [5.41, 5.74) is 1.31. The fourth-order valence-electron chi connectivity index (χ4n) is 3.25. The topological polar surface area (TPSA) is 35.5 Å². The molecule has 1 saturated heterocycles. The van der Waals surface area contributed by atoms with Crippen molar-refractivity contribution in [1.82, 2.24) is 10.2 Å². The van der Waals surface area contributed by atoms with Crippen molar-refractivity contribution < 1.29 is 5.11 Å². The summed E-state index contributed by atoms with van der Waals surface area (Å²) in [4.78, 5) is 2.60. The summed E-state index contributed by atoms with van der Waals surface area (Å²) < 4.78 is 1.56. The zero-order valence-electron chi connectivity index (χ0n) is 11.4. The molecular formula is C15H20Br2N2O. The summed E-state index contributed by atoms with van der Waals surface area (Å²) >= 11 is 6.93. The minimum atomic E-state index is 0.293. The molecule has 3 nitrogen and oxygen atoms in total. The molecule has 1 aromatic rings. The first-order valence-corrected chi connectivity index (χ1v) is 8.88. The van der Waals surface area contributed by atoms with E-state index in [0.717, 1.165) is 41.0 Å². The minimum absolute atomic E-state index is 0.293. The van der Waals surface area contributed by atoms with Gasteiger partial charge in [-0.05, 0) is 68.3 Å². The fourth-order valence-corrected chi connectivity index (χ4v) is 4.47. The number of nitrogens with one attached hydrogen (secondary N) is 1. The van der Waals surface area contributed by atoms with Crippen LogP contribution in [0.15, 0.2) is 21.1 Å². The molecule has 110 valence electrons. The SMILES string of the molecule is Oc1c(Br)cc([C@H](C2CCC2)N2CCNCC2)cc1Br. The second kappa shape index (κ2) is 6.34. The molecule has 1 heterocycles. The number of piperazine rings is 1. The molecule has 0 radical (unpaired) electrons. The molecular weight excluding hydrogens is 384 g/mol. The molecule has 0 unspecified atom stereocenters. The van der Waals surface area contributed by atoms with Crippen LogP contribution < -0.4 is 5.32 Å². The lowest BCUT2D eigenvalue weighted by molar-refractivity contribution is 0.0836. The van der Waals surface area contributed by atoms with Gasteiger partial charge in [0.05, 0.1) is 8.95 Å². The molecule has 1 aliphatic heterocycles. The van der Waals surface area contributed by atoms with Crippen LogP contribution in [-0.4, -0.2) is 36.2 Å². The Kier molecular flexibility index (Phi) is 4.70. The van der Waals surface area contributed by atoms with Gasteiger partial charge >= 0.3 is 0 Å². The lowest BCUT2D eigenvalue weighted by atomic mass is 9.76. The van der Waals surface area contributed by atoms with Crippen molar-refractivity contribution in [1.29, 1.82) is 0 Å². The summed E-state index contributed by atoms with van der Waals surface area (Å²) in [6, 6.07) is 4.66. The first-order chi connectivity index (χ1) is 9.66. The molecule has 1 aliphatic carbocycles. The van der Waals surface area contributed by atoms with Crippen LogP contribution in [0.2, 0.25) is 0 Å². The Labute approximate surface area is 137 Å². The Morgan fingerprint density at radius 3 is 2.25 bits per heavy atom. The molecule has 2 N–H and O–H groups in total. The van der Waals surface area contributed by atoms with E-state index in [0.29, 0.717) is 11.8 Å². The molecule has 20 heavy (non-hydrogen) atoms. The van der Waals surface area contributed by atoms with Crippen LogP contribution in [0, 0.1) is 5.92 Å². The first-order valence-electron chi connectivity index (χ1n) is 7.29. The van der Waals surface area contributed by atoms with Gasteiger partial charge in [-0.15, -0.1) is 0 Å². The van der Waals surface area contributed by atoms with Crippen molar-refractivity contribution in [3.63, 3.8) is 0 Å². The maximum Gasteiger partial charge on any atom is 0.143 e. The highest BCUT2D eigenvalue weighted by Crippen LogP contribution is 2.44. The Hall–Kier alpha value is -0.100. The van der Waals surface area contributed by atoms with Gasteiger partial charge in [-0.1, -0.05) is 6.42 Å². The van der Waals surface area contributed by atoms with Crippen molar-refractivity contribution in [3.05, 3.63) is 26.6 Å². The summed E-state index contributed by atoms with van der Waals surface area (Å²) in [7, 11) is 0. The van der Waals surface area contributed by atoms with Gasteiger partial charge in [0.1, 0.15) is 5.75 Å². The predicted molar refractivity (Wildman–Crippen MR) is 88.0 cm³/mol. The lowest BCUT2D eigenvalue weighted by Gasteiger charge is -2.43. The normalized spacial score (nSPS) is 22.5. The highest BCUT2D eigenvalue weighted by molar-refractivity contribution is 9.11. The average molecular weight is 404 g/mol. The van der Waals surface area contributed by atoms with Crippen LogP contribution in [0.3, 0.4) is 0 Å². The Morgan fingerprint density at radius 2 is 1.75 bits per heavy atom. The van der Waals surface area contributed by atoms with Crippen LogP contribution in [0.1, 0.15) is 30.9 Å². The van der Waals surface area contributed by atoms with Gasteiger partial charge in [-0.3, -0.25) is 4.90 Å². The predicted octanol–water partition coefficient (Wildman–Crippen LogP) is 3.66. The molecule has 2 aliphatic rings. The smallest absolute Gasteiger partial charge is 0.143 e. The Balaban J connectivity index is 1.91. The zero-order chi connectivity index (χ0) is 14.1. The number of hydrogen-bond donors (Lipinski definition) is 2. The van der Waals surface area contributed by atoms with Crippen molar-refractivity contribution in [3.8, 4) is 5.75 Å². The van der Waals surface area contributed by atoms with E-state index < -0.39 is 0 Å². The number of nitrogens with zero attached hydrogens (tertiary/aromatic N) is 1. The maximum absolute atomic E-state index is 9.92. The Morgan fingerprint density at radius 1 is 1.15 bits per heavy atom. The van der Waals surface area contributed by atoms with Crippen molar-refractivity contribution in [2.75, 3.05) is 26.2 Å². The second-order valence-electron chi connectivity index (χ2n) is 5.75. The molecule has 3 rings (SSSR count). The standard InChI is InChI=1S/C15H20Br2N2O/c16-12-8-11(9-13(17)15(12)20)14(10-2-1-3-10)19-6-4-18-5-7-19/h8-10,14,18,20H,1-7H2/t14-/m0/s1. The monoisotopic (exact) mass is 402 g/mol.